The Hall–Kier alpha value is -2.41. The maximum absolute atomic E-state index is 10.8. The number of thiophene rings is 1. The van der Waals surface area contributed by atoms with E-state index in [9.17, 15) is 4.79 Å². The van der Waals surface area contributed by atoms with Crippen LogP contribution in [0, 0.1) is 0 Å². The molecule has 0 unspecified atom stereocenters. The molecular weight excluding hydrogens is 296 g/mol. The van der Waals surface area contributed by atoms with Gasteiger partial charge in [-0.2, -0.15) is 0 Å². The molecule has 7 heteroatoms. The second kappa shape index (κ2) is 6.36. The smallest absolute Gasteiger partial charge is 0.346 e. The Morgan fingerprint density at radius 2 is 1.62 bits per heavy atom. The molecule has 0 aliphatic heterocycles. The van der Waals surface area contributed by atoms with Gasteiger partial charge in [0.05, 0.1) is 21.3 Å². The van der Waals surface area contributed by atoms with E-state index in [-0.39, 0.29) is 4.88 Å². The molecule has 0 atom stereocenters. The minimum Gasteiger partial charge on any atom is -0.493 e. The van der Waals surface area contributed by atoms with E-state index in [2.05, 4.69) is 0 Å². The normalized spacial score (nSPS) is 10.0. The van der Waals surface area contributed by atoms with Crippen molar-refractivity contribution in [3.63, 3.8) is 0 Å². The van der Waals surface area contributed by atoms with Gasteiger partial charge in [0.25, 0.3) is 0 Å². The molecule has 1 aromatic heterocycles. The van der Waals surface area contributed by atoms with Crippen molar-refractivity contribution in [1.82, 2.24) is 0 Å². The average molecular weight is 310 g/mol. The number of hydrogen-bond acceptors (Lipinski definition) is 6. The number of methoxy groups -OCH3 is 3. The first-order valence-corrected chi connectivity index (χ1v) is 6.76. The van der Waals surface area contributed by atoms with Crippen LogP contribution >= 0.6 is 11.3 Å². The topological polar surface area (TPSA) is 74.2 Å². The molecule has 0 fully saturated rings. The van der Waals surface area contributed by atoms with E-state index in [4.69, 9.17) is 24.1 Å². The molecule has 1 aromatic carbocycles. The van der Waals surface area contributed by atoms with E-state index >= 15 is 0 Å². The molecule has 0 saturated heterocycles. The number of carboxylic acids is 1. The standard InChI is InChI=1S/C14H14O6S/c1-17-10-4-8(5-11(18-2)13(10)19-3)20-9-6-12(14(15)16)21-7-9/h4-7H,1-3H3,(H,15,16). The van der Waals surface area contributed by atoms with Crippen LogP contribution in [-0.4, -0.2) is 32.4 Å². The molecule has 0 amide bonds. The van der Waals surface area contributed by atoms with Gasteiger partial charge in [0, 0.05) is 23.6 Å². The fraction of sp³-hybridized carbons (Fsp3) is 0.214. The van der Waals surface area contributed by atoms with Gasteiger partial charge in [-0.25, -0.2) is 4.79 Å². The van der Waals surface area contributed by atoms with Crippen molar-refractivity contribution in [2.45, 2.75) is 0 Å². The van der Waals surface area contributed by atoms with Gasteiger partial charge in [-0.15, -0.1) is 11.3 Å². The predicted molar refractivity (Wildman–Crippen MR) is 77.5 cm³/mol. The van der Waals surface area contributed by atoms with Gasteiger partial charge in [0.15, 0.2) is 11.5 Å². The highest BCUT2D eigenvalue weighted by Gasteiger charge is 2.15. The van der Waals surface area contributed by atoms with Crippen LogP contribution in [0.3, 0.4) is 0 Å². The summed E-state index contributed by atoms with van der Waals surface area (Å²) in [7, 11) is 4.53. The van der Waals surface area contributed by atoms with Crippen molar-refractivity contribution in [2.24, 2.45) is 0 Å². The van der Waals surface area contributed by atoms with Crippen molar-refractivity contribution in [3.8, 4) is 28.7 Å². The highest BCUT2D eigenvalue weighted by Crippen LogP contribution is 2.42. The Kier molecular flexibility index (Phi) is 4.54. The number of benzene rings is 1. The third kappa shape index (κ3) is 3.19. The van der Waals surface area contributed by atoms with Gasteiger partial charge >= 0.3 is 5.97 Å². The molecule has 2 aromatic rings. The Bertz CT molecular complexity index is 624. The maximum atomic E-state index is 10.8. The maximum Gasteiger partial charge on any atom is 0.346 e. The lowest BCUT2D eigenvalue weighted by atomic mass is 10.2. The number of hydrogen-bond donors (Lipinski definition) is 1. The molecule has 0 aliphatic carbocycles. The Labute approximate surface area is 125 Å². The summed E-state index contributed by atoms with van der Waals surface area (Å²) in [4.78, 5) is 11.1. The zero-order valence-electron chi connectivity index (χ0n) is 11.7. The SMILES string of the molecule is COc1cc(Oc2csc(C(=O)O)c2)cc(OC)c1OC. The van der Waals surface area contributed by atoms with Gasteiger partial charge < -0.3 is 24.1 Å². The second-order valence-corrected chi connectivity index (χ2v) is 4.83. The second-order valence-electron chi connectivity index (χ2n) is 3.91. The van der Waals surface area contributed by atoms with Crippen LogP contribution < -0.4 is 18.9 Å². The number of ether oxygens (including phenoxy) is 4. The van der Waals surface area contributed by atoms with Crippen LogP contribution in [0.2, 0.25) is 0 Å². The summed E-state index contributed by atoms with van der Waals surface area (Å²) in [5.74, 6) is 1.29. The molecule has 0 saturated carbocycles. The highest BCUT2D eigenvalue weighted by atomic mass is 32.1. The lowest BCUT2D eigenvalue weighted by molar-refractivity contribution is 0.0702. The Balaban J connectivity index is 2.32. The summed E-state index contributed by atoms with van der Waals surface area (Å²) in [6.07, 6.45) is 0. The fourth-order valence-electron chi connectivity index (χ4n) is 1.74. The van der Waals surface area contributed by atoms with Crippen molar-refractivity contribution in [3.05, 3.63) is 28.5 Å². The molecule has 0 aliphatic rings. The molecular formula is C14H14O6S. The van der Waals surface area contributed by atoms with Crippen LogP contribution in [0.4, 0.5) is 0 Å². The first-order valence-electron chi connectivity index (χ1n) is 5.88. The minimum atomic E-state index is -0.986. The van der Waals surface area contributed by atoms with Gasteiger partial charge in [-0.05, 0) is 0 Å². The monoisotopic (exact) mass is 310 g/mol. The summed E-state index contributed by atoms with van der Waals surface area (Å²) in [6.45, 7) is 0. The summed E-state index contributed by atoms with van der Waals surface area (Å²) in [5, 5.41) is 10.5. The van der Waals surface area contributed by atoms with E-state index in [0.717, 1.165) is 11.3 Å². The first kappa shape index (κ1) is 15.0. The third-order valence-corrected chi connectivity index (χ3v) is 3.56. The molecule has 0 bridgehead atoms. The van der Waals surface area contributed by atoms with E-state index in [1.807, 2.05) is 0 Å². The molecule has 0 radical (unpaired) electrons. The van der Waals surface area contributed by atoms with Crippen LogP contribution in [0.15, 0.2) is 23.6 Å². The largest absolute Gasteiger partial charge is 0.493 e. The van der Waals surface area contributed by atoms with Crippen molar-refractivity contribution >= 4 is 17.3 Å². The number of aromatic carboxylic acids is 1. The molecule has 1 heterocycles. The Morgan fingerprint density at radius 1 is 1.00 bits per heavy atom. The fourth-order valence-corrected chi connectivity index (χ4v) is 2.38. The number of carboxylic acid groups (broad SMARTS) is 1. The first-order chi connectivity index (χ1) is 10.1. The number of rotatable bonds is 6. The third-order valence-electron chi connectivity index (χ3n) is 2.66. The van der Waals surface area contributed by atoms with Crippen LogP contribution in [-0.2, 0) is 0 Å². The summed E-state index contributed by atoms with van der Waals surface area (Å²) >= 11 is 1.09. The molecule has 6 nitrogen and oxygen atoms in total. The highest BCUT2D eigenvalue weighted by molar-refractivity contribution is 7.12. The van der Waals surface area contributed by atoms with E-state index in [1.165, 1.54) is 27.4 Å². The lowest BCUT2D eigenvalue weighted by Crippen LogP contribution is -1.96. The molecule has 21 heavy (non-hydrogen) atoms. The molecule has 0 spiro atoms. The Morgan fingerprint density at radius 3 is 2.05 bits per heavy atom. The summed E-state index contributed by atoms with van der Waals surface area (Å²) in [6, 6.07) is 4.73. The van der Waals surface area contributed by atoms with Gasteiger partial charge in [0.2, 0.25) is 5.75 Å². The predicted octanol–water partition coefficient (Wildman–Crippen LogP) is 3.26. The van der Waals surface area contributed by atoms with E-state index in [1.54, 1.807) is 17.5 Å². The van der Waals surface area contributed by atoms with Crippen LogP contribution in [0.5, 0.6) is 28.7 Å². The van der Waals surface area contributed by atoms with Crippen LogP contribution in [0.25, 0.3) is 0 Å². The number of carbonyl (C=O) groups is 1. The van der Waals surface area contributed by atoms with Crippen molar-refractivity contribution in [1.29, 1.82) is 0 Å². The van der Waals surface area contributed by atoms with E-state index in [0.29, 0.717) is 28.7 Å². The zero-order valence-corrected chi connectivity index (χ0v) is 12.5. The minimum absolute atomic E-state index is 0.206. The summed E-state index contributed by atoms with van der Waals surface area (Å²) < 4.78 is 21.3. The van der Waals surface area contributed by atoms with Gasteiger partial charge in [0.1, 0.15) is 16.4 Å². The van der Waals surface area contributed by atoms with Crippen LogP contribution in [0.1, 0.15) is 9.67 Å². The zero-order chi connectivity index (χ0) is 15.4. The average Bonchev–Trinajstić information content (AvgIpc) is 2.94. The molecule has 1 N–H and O–H groups in total. The molecule has 112 valence electrons. The van der Waals surface area contributed by atoms with E-state index < -0.39 is 5.97 Å². The lowest BCUT2D eigenvalue weighted by Gasteiger charge is -2.14. The van der Waals surface area contributed by atoms with Gasteiger partial charge in [-0.3, -0.25) is 0 Å². The quantitative estimate of drug-likeness (QED) is 0.882. The van der Waals surface area contributed by atoms with Crippen molar-refractivity contribution in [2.75, 3.05) is 21.3 Å². The van der Waals surface area contributed by atoms with Gasteiger partial charge in [-0.1, -0.05) is 0 Å². The molecule has 2 rings (SSSR count). The van der Waals surface area contributed by atoms with Crippen molar-refractivity contribution < 1.29 is 28.8 Å². The summed E-state index contributed by atoms with van der Waals surface area (Å²) in [5.41, 5.74) is 0.